The Morgan fingerprint density at radius 1 is 1.64 bits per heavy atom. The number of nitrogens with two attached hydrogens (primary N) is 1. The average molecular weight is 273 g/mol. The van der Waals surface area contributed by atoms with E-state index in [2.05, 4.69) is 32.9 Å². The first-order valence-electron chi connectivity index (χ1n) is 4.16. The maximum Gasteiger partial charge on any atom is 0.210 e. The average Bonchev–Trinajstić information content (AvgIpc) is 2.74. The molecule has 14 heavy (non-hydrogen) atoms. The van der Waals surface area contributed by atoms with Crippen LogP contribution in [-0.4, -0.2) is 14.8 Å². The predicted molar refractivity (Wildman–Crippen MR) is 60.7 cm³/mol. The second-order valence-corrected chi connectivity index (χ2v) is 4.47. The highest BCUT2D eigenvalue weighted by molar-refractivity contribution is 9.10. The molecule has 6 heteroatoms. The molecule has 74 valence electrons. The lowest BCUT2D eigenvalue weighted by Gasteiger charge is -1.91. The minimum absolute atomic E-state index is 0.484. The van der Waals surface area contributed by atoms with Gasteiger partial charge in [-0.15, -0.1) is 16.4 Å². The lowest BCUT2D eigenvalue weighted by atomic mass is 10.4. The molecule has 0 radical (unpaired) electrons. The third-order valence-corrected chi connectivity index (χ3v) is 3.28. The fraction of sp³-hybridized carbons (Fsp3) is 0.250. The number of hydrogen-bond acceptors (Lipinski definition) is 4. The lowest BCUT2D eigenvalue weighted by Crippen LogP contribution is -1.95. The number of anilines is 1. The Labute approximate surface area is 93.9 Å². The van der Waals surface area contributed by atoms with Gasteiger partial charge in [0.1, 0.15) is 0 Å². The number of nitrogen functional groups attached to an aromatic ring is 1. The van der Waals surface area contributed by atoms with Gasteiger partial charge in [0.2, 0.25) is 5.13 Å². The SMILES string of the molecule is CCc1csc(-n2cc(Br)c(N)n2)n1. The number of halogens is 1. The van der Waals surface area contributed by atoms with E-state index in [9.17, 15) is 0 Å². The molecule has 0 bridgehead atoms. The van der Waals surface area contributed by atoms with E-state index in [-0.39, 0.29) is 0 Å². The number of aromatic nitrogens is 3. The fourth-order valence-corrected chi connectivity index (χ4v) is 2.13. The van der Waals surface area contributed by atoms with Gasteiger partial charge in [0.25, 0.3) is 0 Å². The number of hydrogen-bond donors (Lipinski definition) is 1. The third kappa shape index (κ3) is 1.67. The monoisotopic (exact) mass is 272 g/mol. The van der Waals surface area contributed by atoms with Crippen LogP contribution >= 0.6 is 27.3 Å². The van der Waals surface area contributed by atoms with Crippen molar-refractivity contribution in [2.24, 2.45) is 0 Å². The molecule has 0 saturated carbocycles. The van der Waals surface area contributed by atoms with Crippen LogP contribution in [0.4, 0.5) is 5.82 Å². The maximum atomic E-state index is 5.62. The first kappa shape index (κ1) is 9.67. The molecule has 0 amide bonds. The zero-order chi connectivity index (χ0) is 10.1. The van der Waals surface area contributed by atoms with E-state index >= 15 is 0 Å². The van der Waals surface area contributed by atoms with Gasteiger partial charge in [0.15, 0.2) is 5.82 Å². The van der Waals surface area contributed by atoms with Crippen molar-refractivity contribution in [1.82, 2.24) is 14.8 Å². The molecule has 2 aromatic rings. The molecule has 0 aromatic carbocycles. The normalized spacial score (nSPS) is 10.7. The molecule has 0 unspecified atom stereocenters. The van der Waals surface area contributed by atoms with Gasteiger partial charge in [-0.25, -0.2) is 9.67 Å². The van der Waals surface area contributed by atoms with Gasteiger partial charge in [-0.2, -0.15) is 0 Å². The highest BCUT2D eigenvalue weighted by atomic mass is 79.9. The zero-order valence-electron chi connectivity index (χ0n) is 7.57. The summed E-state index contributed by atoms with van der Waals surface area (Å²) in [4.78, 5) is 4.40. The number of thiazole rings is 1. The smallest absolute Gasteiger partial charge is 0.210 e. The van der Waals surface area contributed by atoms with Gasteiger partial charge in [-0.05, 0) is 22.4 Å². The summed E-state index contributed by atoms with van der Waals surface area (Å²) in [5, 5.41) is 7.00. The van der Waals surface area contributed by atoms with Crippen molar-refractivity contribution in [3.05, 3.63) is 21.7 Å². The number of nitrogens with zero attached hydrogens (tertiary/aromatic N) is 3. The summed E-state index contributed by atoms with van der Waals surface area (Å²) >= 11 is 4.87. The fourth-order valence-electron chi connectivity index (χ4n) is 1.03. The largest absolute Gasteiger partial charge is 0.381 e. The maximum absolute atomic E-state index is 5.62. The highest BCUT2D eigenvalue weighted by Gasteiger charge is 2.07. The number of rotatable bonds is 2. The van der Waals surface area contributed by atoms with Crippen molar-refractivity contribution in [2.45, 2.75) is 13.3 Å². The molecular formula is C8H9BrN4S. The van der Waals surface area contributed by atoms with Crippen LogP contribution in [0.25, 0.3) is 5.13 Å². The molecule has 0 aliphatic heterocycles. The summed E-state index contributed by atoms with van der Waals surface area (Å²) < 4.78 is 2.48. The van der Waals surface area contributed by atoms with E-state index in [1.54, 1.807) is 16.0 Å². The summed E-state index contributed by atoms with van der Waals surface area (Å²) in [6.07, 6.45) is 2.75. The van der Waals surface area contributed by atoms with Gasteiger partial charge >= 0.3 is 0 Å². The molecule has 0 atom stereocenters. The minimum atomic E-state index is 0.484. The van der Waals surface area contributed by atoms with E-state index in [0.29, 0.717) is 5.82 Å². The summed E-state index contributed by atoms with van der Waals surface area (Å²) in [6.45, 7) is 2.08. The Balaban J connectivity index is 2.39. The van der Waals surface area contributed by atoms with Gasteiger partial charge in [-0.1, -0.05) is 6.92 Å². The molecule has 2 heterocycles. The van der Waals surface area contributed by atoms with Crippen LogP contribution in [0.5, 0.6) is 0 Å². The molecule has 0 saturated heterocycles. The summed E-state index contributed by atoms with van der Waals surface area (Å²) in [6, 6.07) is 0. The zero-order valence-corrected chi connectivity index (χ0v) is 9.97. The molecule has 2 rings (SSSR count). The Hall–Kier alpha value is -0.880. The summed E-state index contributed by atoms with van der Waals surface area (Å²) in [5.41, 5.74) is 6.69. The van der Waals surface area contributed by atoms with Gasteiger partial charge in [0.05, 0.1) is 10.2 Å². The van der Waals surface area contributed by atoms with E-state index in [4.69, 9.17) is 5.73 Å². The molecule has 2 N–H and O–H groups in total. The van der Waals surface area contributed by atoms with Crippen LogP contribution in [0.3, 0.4) is 0 Å². The van der Waals surface area contributed by atoms with E-state index in [0.717, 1.165) is 21.7 Å². The van der Waals surface area contributed by atoms with E-state index in [1.807, 2.05) is 11.6 Å². The predicted octanol–water partition coefficient (Wildman–Crippen LogP) is 2.24. The van der Waals surface area contributed by atoms with Crippen molar-refractivity contribution in [3.63, 3.8) is 0 Å². The topological polar surface area (TPSA) is 56.7 Å². The first-order chi connectivity index (χ1) is 6.70. The third-order valence-electron chi connectivity index (χ3n) is 1.79. The summed E-state index contributed by atoms with van der Waals surface area (Å²) in [5.74, 6) is 0.484. The molecule has 2 aromatic heterocycles. The van der Waals surface area contributed by atoms with Crippen molar-refractivity contribution in [2.75, 3.05) is 5.73 Å². The van der Waals surface area contributed by atoms with E-state index < -0.39 is 0 Å². The van der Waals surface area contributed by atoms with Gasteiger partial charge in [-0.3, -0.25) is 0 Å². The summed E-state index contributed by atoms with van der Waals surface area (Å²) in [7, 11) is 0. The molecule has 0 aliphatic carbocycles. The Morgan fingerprint density at radius 2 is 2.43 bits per heavy atom. The van der Waals surface area contributed by atoms with E-state index in [1.165, 1.54) is 0 Å². The number of aryl methyl sites for hydroxylation is 1. The van der Waals surface area contributed by atoms with Crippen LogP contribution in [0.2, 0.25) is 0 Å². The minimum Gasteiger partial charge on any atom is -0.381 e. The molecule has 4 nitrogen and oxygen atoms in total. The van der Waals surface area contributed by atoms with Gasteiger partial charge < -0.3 is 5.73 Å². The van der Waals surface area contributed by atoms with Crippen molar-refractivity contribution in [3.8, 4) is 5.13 Å². The van der Waals surface area contributed by atoms with Crippen LogP contribution < -0.4 is 5.73 Å². The first-order valence-corrected chi connectivity index (χ1v) is 5.83. The highest BCUT2D eigenvalue weighted by Crippen LogP contribution is 2.21. The quantitative estimate of drug-likeness (QED) is 0.912. The Kier molecular flexibility index (Phi) is 2.56. The van der Waals surface area contributed by atoms with Crippen LogP contribution in [-0.2, 0) is 6.42 Å². The second-order valence-electron chi connectivity index (χ2n) is 2.78. The Morgan fingerprint density at radius 3 is 2.93 bits per heavy atom. The Bertz CT molecular complexity index is 428. The van der Waals surface area contributed by atoms with Crippen LogP contribution in [0.1, 0.15) is 12.6 Å². The van der Waals surface area contributed by atoms with Gasteiger partial charge in [0, 0.05) is 11.6 Å². The lowest BCUT2D eigenvalue weighted by molar-refractivity contribution is 0.863. The molecule has 0 aliphatic rings. The molecule has 0 spiro atoms. The second kappa shape index (κ2) is 3.70. The molecular weight excluding hydrogens is 264 g/mol. The standard InChI is InChI=1S/C8H9BrN4S/c1-2-5-4-14-8(11-5)13-3-6(9)7(10)12-13/h3-4H,2H2,1H3,(H2,10,12). The van der Waals surface area contributed by atoms with Crippen LogP contribution in [0, 0.1) is 0 Å². The van der Waals surface area contributed by atoms with Crippen molar-refractivity contribution in [1.29, 1.82) is 0 Å². The van der Waals surface area contributed by atoms with Crippen molar-refractivity contribution < 1.29 is 0 Å². The van der Waals surface area contributed by atoms with Crippen molar-refractivity contribution >= 4 is 33.1 Å². The molecule has 0 fully saturated rings. The van der Waals surface area contributed by atoms with Crippen LogP contribution in [0.15, 0.2) is 16.0 Å².